The lowest BCUT2D eigenvalue weighted by Gasteiger charge is -2.26. The van der Waals surface area contributed by atoms with Crippen molar-refractivity contribution in [3.8, 4) is 11.3 Å². The van der Waals surface area contributed by atoms with Crippen LogP contribution in [-0.4, -0.2) is 76.6 Å². The number of rotatable bonds is 9. The van der Waals surface area contributed by atoms with Crippen molar-refractivity contribution in [3.05, 3.63) is 95.8 Å². The van der Waals surface area contributed by atoms with Crippen LogP contribution in [0.25, 0.3) is 17.3 Å². The number of halogens is 3. The van der Waals surface area contributed by atoms with Crippen LogP contribution in [0.2, 0.25) is 0 Å². The first kappa shape index (κ1) is 30.6. The summed E-state index contributed by atoms with van der Waals surface area (Å²) < 4.78 is 46.5. The number of anilines is 2. The summed E-state index contributed by atoms with van der Waals surface area (Å²) in [4.78, 5) is 33.3. The summed E-state index contributed by atoms with van der Waals surface area (Å²) in [5.74, 6) is -0.586. The Kier molecular flexibility index (Phi) is 9.46. The minimum absolute atomic E-state index is 0.108. The lowest BCUT2D eigenvalue weighted by Crippen LogP contribution is -2.38. The van der Waals surface area contributed by atoms with Gasteiger partial charge in [0.1, 0.15) is 11.5 Å². The summed E-state index contributed by atoms with van der Waals surface area (Å²) in [7, 11) is 1.40. The number of amides is 2. The van der Waals surface area contributed by atoms with Gasteiger partial charge in [-0.15, -0.1) is 5.10 Å². The molecule has 0 bridgehead atoms. The number of carbonyl (C=O) groups is 2. The Bertz CT molecular complexity index is 1630. The zero-order valence-corrected chi connectivity index (χ0v) is 23.9. The summed E-state index contributed by atoms with van der Waals surface area (Å²) >= 11 is 0. The van der Waals surface area contributed by atoms with Crippen molar-refractivity contribution in [1.29, 1.82) is 0 Å². The highest BCUT2D eigenvalue weighted by Gasteiger charge is 2.31. The zero-order chi connectivity index (χ0) is 31.1. The lowest BCUT2D eigenvalue weighted by atomic mass is 10.1. The maximum Gasteiger partial charge on any atom is 0.416 e. The number of hydrogen-bond donors (Lipinski definition) is 1. The van der Waals surface area contributed by atoms with Crippen LogP contribution in [0.3, 0.4) is 0 Å². The van der Waals surface area contributed by atoms with E-state index in [-0.39, 0.29) is 11.3 Å². The van der Waals surface area contributed by atoms with Crippen molar-refractivity contribution in [2.75, 3.05) is 50.1 Å². The van der Waals surface area contributed by atoms with Gasteiger partial charge in [-0.05, 0) is 54.1 Å². The molecule has 2 amide bonds. The number of morpholine rings is 1. The first-order valence-electron chi connectivity index (χ1n) is 13.9. The SMILES string of the molecule is CN(C(=O)c1cccc(/C=C/C(=O)Nc2ccc(-c3cn(CCN4CCOCC4)nn3)cn2)c1)c1cccc(C(F)(F)F)c1. The molecule has 0 aliphatic carbocycles. The van der Waals surface area contributed by atoms with E-state index in [2.05, 4.69) is 25.5 Å². The van der Waals surface area contributed by atoms with Gasteiger partial charge in [-0.3, -0.25) is 19.2 Å². The quantitative estimate of drug-likeness (QED) is 0.278. The molecular weight excluding hydrogens is 575 g/mol. The van der Waals surface area contributed by atoms with Crippen LogP contribution in [-0.2, 0) is 22.3 Å². The van der Waals surface area contributed by atoms with E-state index in [0.717, 1.165) is 55.4 Å². The fraction of sp³-hybridized carbons (Fsp3) is 0.258. The molecule has 3 heterocycles. The number of alkyl halides is 3. The van der Waals surface area contributed by atoms with E-state index in [9.17, 15) is 22.8 Å². The molecule has 228 valence electrons. The van der Waals surface area contributed by atoms with E-state index in [1.807, 2.05) is 6.20 Å². The fourth-order valence-electron chi connectivity index (χ4n) is 4.54. The van der Waals surface area contributed by atoms with Gasteiger partial charge in [-0.25, -0.2) is 4.98 Å². The molecule has 44 heavy (non-hydrogen) atoms. The molecule has 5 rings (SSSR count). The van der Waals surface area contributed by atoms with E-state index in [1.165, 1.54) is 31.3 Å². The molecular formula is C31H30F3N7O3. The molecule has 1 N–H and O–H groups in total. The number of hydrogen-bond acceptors (Lipinski definition) is 7. The number of benzene rings is 2. The van der Waals surface area contributed by atoms with Gasteiger partial charge in [0.05, 0.1) is 31.5 Å². The Hall–Kier alpha value is -4.88. The van der Waals surface area contributed by atoms with Gasteiger partial charge in [-0.1, -0.05) is 23.4 Å². The zero-order valence-electron chi connectivity index (χ0n) is 23.9. The third-order valence-electron chi connectivity index (χ3n) is 7.02. The second kappa shape index (κ2) is 13.6. The molecule has 4 aromatic rings. The third-order valence-corrected chi connectivity index (χ3v) is 7.02. The second-order valence-electron chi connectivity index (χ2n) is 10.1. The van der Waals surface area contributed by atoms with Gasteiger partial charge >= 0.3 is 6.18 Å². The predicted molar refractivity (Wildman–Crippen MR) is 159 cm³/mol. The van der Waals surface area contributed by atoms with E-state index < -0.39 is 23.6 Å². The summed E-state index contributed by atoms with van der Waals surface area (Å²) in [5.41, 5.74) is 1.51. The van der Waals surface area contributed by atoms with Gasteiger partial charge in [0, 0.05) is 55.8 Å². The highest BCUT2D eigenvalue weighted by molar-refractivity contribution is 6.06. The monoisotopic (exact) mass is 605 g/mol. The van der Waals surface area contributed by atoms with Crippen molar-refractivity contribution in [2.24, 2.45) is 0 Å². The molecule has 0 unspecified atom stereocenters. The molecule has 2 aromatic heterocycles. The minimum Gasteiger partial charge on any atom is -0.379 e. The second-order valence-corrected chi connectivity index (χ2v) is 10.1. The molecule has 0 saturated carbocycles. The molecule has 0 radical (unpaired) electrons. The van der Waals surface area contributed by atoms with Crippen LogP contribution >= 0.6 is 0 Å². The molecule has 1 aliphatic heterocycles. The smallest absolute Gasteiger partial charge is 0.379 e. The first-order valence-corrected chi connectivity index (χ1v) is 13.9. The molecule has 1 saturated heterocycles. The molecule has 1 aliphatic rings. The van der Waals surface area contributed by atoms with Crippen molar-refractivity contribution in [2.45, 2.75) is 12.7 Å². The van der Waals surface area contributed by atoms with Crippen LogP contribution in [0.1, 0.15) is 21.5 Å². The van der Waals surface area contributed by atoms with Gasteiger partial charge in [0.25, 0.3) is 5.91 Å². The number of nitrogens with zero attached hydrogens (tertiary/aromatic N) is 6. The number of aromatic nitrogens is 4. The molecule has 0 spiro atoms. The van der Waals surface area contributed by atoms with E-state index in [4.69, 9.17) is 4.74 Å². The van der Waals surface area contributed by atoms with E-state index in [0.29, 0.717) is 23.6 Å². The minimum atomic E-state index is -4.52. The first-order chi connectivity index (χ1) is 21.2. The van der Waals surface area contributed by atoms with Crippen molar-refractivity contribution >= 4 is 29.4 Å². The average molecular weight is 606 g/mol. The van der Waals surface area contributed by atoms with Crippen molar-refractivity contribution < 1.29 is 27.5 Å². The Morgan fingerprint density at radius 1 is 1.05 bits per heavy atom. The molecule has 2 aromatic carbocycles. The normalized spacial score (nSPS) is 14.1. The lowest BCUT2D eigenvalue weighted by molar-refractivity contribution is -0.137. The van der Waals surface area contributed by atoms with Crippen molar-refractivity contribution in [1.82, 2.24) is 24.9 Å². The number of carbonyl (C=O) groups excluding carboxylic acids is 2. The molecule has 13 heteroatoms. The number of pyridine rings is 1. The molecule has 10 nitrogen and oxygen atoms in total. The Morgan fingerprint density at radius 3 is 2.59 bits per heavy atom. The van der Waals surface area contributed by atoms with Crippen LogP contribution in [0.4, 0.5) is 24.7 Å². The topological polar surface area (TPSA) is 105 Å². The van der Waals surface area contributed by atoms with Gasteiger partial charge < -0.3 is 15.0 Å². The largest absolute Gasteiger partial charge is 0.416 e. The Labute approximate surface area is 251 Å². The highest BCUT2D eigenvalue weighted by atomic mass is 19.4. The predicted octanol–water partition coefficient (Wildman–Crippen LogP) is 4.62. The average Bonchev–Trinajstić information content (AvgIpc) is 3.52. The van der Waals surface area contributed by atoms with Crippen LogP contribution in [0.5, 0.6) is 0 Å². The summed E-state index contributed by atoms with van der Waals surface area (Å²) in [6, 6.07) is 14.4. The summed E-state index contributed by atoms with van der Waals surface area (Å²) in [6.45, 7) is 4.88. The fourth-order valence-corrected chi connectivity index (χ4v) is 4.54. The Balaban J connectivity index is 1.16. The van der Waals surface area contributed by atoms with Crippen LogP contribution in [0.15, 0.2) is 79.1 Å². The van der Waals surface area contributed by atoms with Gasteiger partial charge in [-0.2, -0.15) is 13.2 Å². The number of nitrogens with one attached hydrogen (secondary N) is 1. The highest BCUT2D eigenvalue weighted by Crippen LogP contribution is 2.31. The summed E-state index contributed by atoms with van der Waals surface area (Å²) in [6.07, 6.45) is 1.77. The van der Waals surface area contributed by atoms with E-state index >= 15 is 0 Å². The molecule has 0 atom stereocenters. The molecule has 1 fully saturated rings. The van der Waals surface area contributed by atoms with Crippen molar-refractivity contribution in [3.63, 3.8) is 0 Å². The standard InChI is InChI=1S/C31H30F3N7O3/c1-39(26-7-3-6-25(19-26)31(32,33)34)30(43)23-5-2-4-22(18-23)8-11-29(42)36-28-10-9-24(20-35-28)27-21-41(38-37-27)13-12-40-14-16-44-17-15-40/h2-11,18-21H,12-17H2,1H3,(H,35,36,42)/b11-8+. The van der Waals surface area contributed by atoms with Crippen LogP contribution < -0.4 is 10.2 Å². The van der Waals surface area contributed by atoms with Crippen LogP contribution in [0, 0.1) is 0 Å². The maximum atomic E-state index is 13.1. The third kappa shape index (κ3) is 7.94. The van der Waals surface area contributed by atoms with Gasteiger partial charge in [0.2, 0.25) is 5.91 Å². The number of ether oxygens (including phenoxy) is 1. The maximum absolute atomic E-state index is 13.1. The summed E-state index contributed by atoms with van der Waals surface area (Å²) in [5, 5.41) is 11.1. The Morgan fingerprint density at radius 2 is 1.84 bits per heavy atom. The van der Waals surface area contributed by atoms with E-state index in [1.54, 1.807) is 47.3 Å². The van der Waals surface area contributed by atoms with Gasteiger partial charge in [0.15, 0.2) is 0 Å².